The molecule has 0 aliphatic rings. The van der Waals surface area contributed by atoms with E-state index < -0.39 is 8.72 Å². The molecule has 0 aliphatic carbocycles. The average Bonchev–Trinajstić information content (AvgIpc) is 2.24. The molecule has 0 unspecified atom stereocenters. The summed E-state index contributed by atoms with van der Waals surface area (Å²) in [6.07, 6.45) is 4.76. The highest BCUT2D eigenvalue weighted by Crippen LogP contribution is 2.12. The molecule has 0 aromatic rings. The van der Waals surface area contributed by atoms with E-state index in [0.717, 1.165) is 12.6 Å². The summed E-state index contributed by atoms with van der Waals surface area (Å²) in [6.45, 7) is 5.39. The third-order valence-corrected chi connectivity index (χ3v) is 5.56. The van der Waals surface area contributed by atoms with E-state index in [0.29, 0.717) is 0 Å². The van der Waals surface area contributed by atoms with E-state index in [4.69, 9.17) is 8.85 Å². The van der Waals surface area contributed by atoms with E-state index >= 15 is 0 Å². The van der Waals surface area contributed by atoms with Gasteiger partial charge in [-0.1, -0.05) is 33.1 Å². The number of hydrogen-bond donors (Lipinski definition) is 1. The number of nitrogens with one attached hydrogen (secondary N) is 1. The Morgan fingerprint density at radius 3 is 2.00 bits per heavy atom. The summed E-state index contributed by atoms with van der Waals surface area (Å²) < 4.78 is 11.1. The fraction of sp³-hybridized carbons (Fsp3) is 1.00. The molecular formula is C10H25NO2Si. The maximum Gasteiger partial charge on any atom is 0.424 e. The van der Waals surface area contributed by atoms with Crippen LogP contribution in [-0.2, 0) is 8.85 Å². The molecule has 1 N–H and O–H groups in total. The van der Waals surface area contributed by atoms with Crippen molar-refractivity contribution in [1.29, 1.82) is 0 Å². The van der Waals surface area contributed by atoms with Crippen LogP contribution in [0.1, 0.15) is 39.5 Å². The van der Waals surface area contributed by atoms with Gasteiger partial charge >= 0.3 is 8.72 Å². The fourth-order valence-electron chi connectivity index (χ4n) is 1.39. The van der Waals surface area contributed by atoms with Gasteiger partial charge in [-0.2, -0.15) is 0 Å². The molecule has 0 heterocycles. The third-order valence-electron chi connectivity index (χ3n) is 2.44. The molecule has 0 saturated heterocycles. The minimum atomic E-state index is -2.05. The van der Waals surface area contributed by atoms with Gasteiger partial charge in [0.2, 0.25) is 0 Å². The fourth-order valence-corrected chi connectivity index (χ4v) is 3.80. The van der Waals surface area contributed by atoms with Gasteiger partial charge in [0.25, 0.3) is 0 Å². The molecule has 0 aromatic heterocycles. The van der Waals surface area contributed by atoms with Crippen LogP contribution < -0.4 is 4.98 Å². The lowest BCUT2D eigenvalue weighted by Crippen LogP contribution is -2.55. The SMILES string of the molecule is CCCCN[Si](CCCC)(OC)OC. The first-order chi connectivity index (χ1) is 6.74. The molecule has 86 valence electrons. The van der Waals surface area contributed by atoms with E-state index in [1.54, 1.807) is 14.2 Å². The molecule has 0 radical (unpaired) electrons. The second-order valence-corrected chi connectivity index (χ2v) is 6.72. The van der Waals surface area contributed by atoms with Crippen LogP contribution in [0.2, 0.25) is 6.04 Å². The van der Waals surface area contributed by atoms with E-state index in [2.05, 4.69) is 18.8 Å². The maximum absolute atomic E-state index is 5.54. The summed E-state index contributed by atoms with van der Waals surface area (Å²) in [6, 6.07) is 1.04. The second-order valence-electron chi connectivity index (χ2n) is 3.55. The average molecular weight is 219 g/mol. The molecule has 14 heavy (non-hydrogen) atoms. The number of hydrogen-bond acceptors (Lipinski definition) is 3. The molecule has 0 amide bonds. The summed E-state index contributed by atoms with van der Waals surface area (Å²) >= 11 is 0. The van der Waals surface area contributed by atoms with Crippen LogP contribution in [-0.4, -0.2) is 29.5 Å². The van der Waals surface area contributed by atoms with Crippen LogP contribution in [0.3, 0.4) is 0 Å². The first-order valence-electron chi connectivity index (χ1n) is 5.60. The van der Waals surface area contributed by atoms with Crippen LogP contribution in [0.5, 0.6) is 0 Å². The molecular weight excluding hydrogens is 194 g/mol. The van der Waals surface area contributed by atoms with Gasteiger partial charge in [-0.15, -0.1) is 0 Å². The maximum atomic E-state index is 5.54. The standard InChI is InChI=1S/C10H25NO2Si/c1-5-7-9-11-14(12-3,13-4)10-8-6-2/h11H,5-10H2,1-4H3. The summed E-state index contributed by atoms with van der Waals surface area (Å²) in [7, 11) is 1.46. The lowest BCUT2D eigenvalue weighted by atomic mass is 10.3. The normalized spacial score (nSPS) is 12.0. The van der Waals surface area contributed by atoms with E-state index in [-0.39, 0.29) is 0 Å². The highest BCUT2D eigenvalue weighted by Gasteiger charge is 2.34. The number of unbranched alkanes of at least 4 members (excludes halogenated alkanes) is 2. The predicted octanol–water partition coefficient (Wildman–Crippen LogP) is 2.41. The Balaban J connectivity index is 3.94. The van der Waals surface area contributed by atoms with E-state index in [1.165, 1.54) is 25.7 Å². The van der Waals surface area contributed by atoms with Gasteiger partial charge < -0.3 is 8.85 Å². The Kier molecular flexibility index (Phi) is 8.47. The van der Waals surface area contributed by atoms with Crippen molar-refractivity contribution >= 4 is 8.72 Å². The van der Waals surface area contributed by atoms with Gasteiger partial charge in [-0.05, 0) is 13.0 Å². The molecule has 0 fully saturated rings. The van der Waals surface area contributed by atoms with Gasteiger partial charge in [0.1, 0.15) is 0 Å². The molecule has 0 atom stereocenters. The summed E-state index contributed by atoms with van der Waals surface area (Å²) in [5, 5.41) is 0. The molecule has 0 spiro atoms. The van der Waals surface area contributed by atoms with Crippen molar-refractivity contribution in [1.82, 2.24) is 4.98 Å². The number of rotatable bonds is 9. The van der Waals surface area contributed by atoms with Crippen molar-refractivity contribution < 1.29 is 8.85 Å². The largest absolute Gasteiger partial charge is 0.424 e. The van der Waals surface area contributed by atoms with Gasteiger partial charge in [0, 0.05) is 20.3 Å². The second kappa shape index (κ2) is 8.41. The summed E-state index contributed by atoms with van der Waals surface area (Å²) in [4.78, 5) is 3.46. The van der Waals surface area contributed by atoms with Gasteiger partial charge in [-0.25, -0.2) is 0 Å². The summed E-state index contributed by atoms with van der Waals surface area (Å²) in [5.74, 6) is 0. The van der Waals surface area contributed by atoms with Crippen molar-refractivity contribution in [3.05, 3.63) is 0 Å². The lowest BCUT2D eigenvalue weighted by molar-refractivity contribution is 0.226. The van der Waals surface area contributed by atoms with Crippen molar-refractivity contribution in [3.63, 3.8) is 0 Å². The van der Waals surface area contributed by atoms with E-state index in [1.807, 2.05) is 0 Å². The van der Waals surface area contributed by atoms with Gasteiger partial charge in [0.05, 0.1) is 0 Å². The first-order valence-corrected chi connectivity index (χ1v) is 7.62. The van der Waals surface area contributed by atoms with Crippen LogP contribution in [0.25, 0.3) is 0 Å². The molecule has 0 rings (SSSR count). The summed E-state index contributed by atoms with van der Waals surface area (Å²) in [5.41, 5.74) is 0. The smallest absolute Gasteiger partial charge is 0.386 e. The highest BCUT2D eigenvalue weighted by molar-refractivity contribution is 6.64. The molecule has 4 heteroatoms. The Labute approximate surface area is 89.5 Å². The lowest BCUT2D eigenvalue weighted by Gasteiger charge is -2.27. The minimum Gasteiger partial charge on any atom is -0.386 e. The zero-order valence-corrected chi connectivity index (χ0v) is 11.1. The highest BCUT2D eigenvalue weighted by atomic mass is 28.4. The Hall–Kier alpha value is 0.0969. The Morgan fingerprint density at radius 2 is 1.57 bits per heavy atom. The third kappa shape index (κ3) is 5.10. The monoisotopic (exact) mass is 219 g/mol. The molecule has 3 nitrogen and oxygen atoms in total. The predicted molar refractivity (Wildman–Crippen MR) is 62.4 cm³/mol. The van der Waals surface area contributed by atoms with Crippen LogP contribution in [0.4, 0.5) is 0 Å². The zero-order valence-electron chi connectivity index (χ0n) is 10.1. The first kappa shape index (κ1) is 14.1. The molecule has 0 aliphatic heterocycles. The van der Waals surface area contributed by atoms with Crippen LogP contribution in [0, 0.1) is 0 Å². The quantitative estimate of drug-likeness (QED) is 0.477. The van der Waals surface area contributed by atoms with Gasteiger partial charge in [0.15, 0.2) is 0 Å². The Morgan fingerprint density at radius 1 is 1.00 bits per heavy atom. The molecule has 0 bridgehead atoms. The zero-order chi connectivity index (χ0) is 10.9. The minimum absolute atomic E-state index is 1.01. The Bertz CT molecular complexity index is 129. The van der Waals surface area contributed by atoms with Crippen molar-refractivity contribution in [2.24, 2.45) is 0 Å². The van der Waals surface area contributed by atoms with Crippen LogP contribution in [0.15, 0.2) is 0 Å². The van der Waals surface area contributed by atoms with Crippen LogP contribution >= 0.6 is 0 Å². The van der Waals surface area contributed by atoms with Crippen molar-refractivity contribution in [3.8, 4) is 0 Å². The van der Waals surface area contributed by atoms with E-state index in [9.17, 15) is 0 Å². The topological polar surface area (TPSA) is 30.5 Å². The van der Waals surface area contributed by atoms with Crippen molar-refractivity contribution in [2.75, 3.05) is 20.8 Å². The van der Waals surface area contributed by atoms with Gasteiger partial charge in [-0.3, -0.25) is 4.98 Å². The van der Waals surface area contributed by atoms with Crippen molar-refractivity contribution in [2.45, 2.75) is 45.6 Å². The molecule has 0 aromatic carbocycles. The molecule has 0 saturated carbocycles.